The molecule has 0 fully saturated rings. The van der Waals surface area contributed by atoms with Crippen molar-refractivity contribution in [1.29, 1.82) is 0 Å². The summed E-state index contributed by atoms with van der Waals surface area (Å²) in [5.74, 6) is 2.07. The van der Waals surface area contributed by atoms with Crippen molar-refractivity contribution in [2.45, 2.75) is 11.1 Å². The molecule has 0 aromatic heterocycles. The molecule has 0 aliphatic heterocycles. The van der Waals surface area contributed by atoms with Gasteiger partial charge in [0.05, 0.1) is 17.0 Å². The zero-order chi connectivity index (χ0) is 14.0. The van der Waals surface area contributed by atoms with E-state index in [-0.39, 0.29) is 6.54 Å². The van der Waals surface area contributed by atoms with Crippen molar-refractivity contribution in [3.63, 3.8) is 0 Å². The Morgan fingerprint density at radius 1 is 1.33 bits per heavy atom. The third-order valence-corrected chi connectivity index (χ3v) is 4.06. The van der Waals surface area contributed by atoms with Gasteiger partial charge in [-0.1, -0.05) is 18.1 Å². The summed E-state index contributed by atoms with van der Waals surface area (Å²) in [6, 6.07) is 3.98. The van der Waals surface area contributed by atoms with Gasteiger partial charge in [0.15, 0.2) is 0 Å². The molecule has 0 aliphatic rings. The molecule has 0 atom stereocenters. The summed E-state index contributed by atoms with van der Waals surface area (Å²) in [6.45, 7) is -0.297. The fourth-order valence-corrected chi connectivity index (χ4v) is 2.60. The second-order valence-electron chi connectivity index (χ2n) is 3.46. The van der Waals surface area contributed by atoms with Gasteiger partial charge in [-0.15, -0.1) is 6.42 Å². The van der Waals surface area contributed by atoms with E-state index >= 15 is 0 Å². The highest BCUT2D eigenvalue weighted by Gasteiger charge is 2.37. The largest absolute Gasteiger partial charge is 0.417 e. The first-order valence-electron chi connectivity index (χ1n) is 4.77. The smallest absolute Gasteiger partial charge is 0.207 e. The van der Waals surface area contributed by atoms with Crippen molar-refractivity contribution in [2.24, 2.45) is 0 Å². The Hall–Kier alpha value is -1.52. The Morgan fingerprint density at radius 3 is 2.39 bits per heavy atom. The van der Waals surface area contributed by atoms with Crippen LogP contribution in [0.1, 0.15) is 5.56 Å². The van der Waals surface area contributed by atoms with Crippen molar-refractivity contribution in [1.82, 2.24) is 4.31 Å². The highest BCUT2D eigenvalue weighted by molar-refractivity contribution is 7.89. The average Bonchev–Trinajstić information content (AvgIpc) is 2.28. The van der Waals surface area contributed by atoms with Crippen LogP contribution in [0.5, 0.6) is 0 Å². The van der Waals surface area contributed by atoms with Gasteiger partial charge in [-0.2, -0.15) is 17.5 Å². The maximum atomic E-state index is 12.7. The van der Waals surface area contributed by atoms with Gasteiger partial charge in [0.1, 0.15) is 0 Å². The molecule has 0 N–H and O–H groups in total. The zero-order valence-corrected chi connectivity index (χ0v) is 10.2. The van der Waals surface area contributed by atoms with E-state index in [1.54, 1.807) is 0 Å². The highest BCUT2D eigenvalue weighted by atomic mass is 32.2. The van der Waals surface area contributed by atoms with Crippen molar-refractivity contribution in [3.05, 3.63) is 29.8 Å². The highest BCUT2D eigenvalue weighted by Crippen LogP contribution is 2.34. The van der Waals surface area contributed by atoms with Crippen molar-refractivity contribution < 1.29 is 21.6 Å². The number of terminal acetylenes is 1. The molecule has 1 aromatic rings. The summed E-state index contributed by atoms with van der Waals surface area (Å²) in [6.07, 6.45) is 0.214. The van der Waals surface area contributed by atoms with Crippen molar-refractivity contribution in [3.8, 4) is 12.3 Å². The number of benzene rings is 1. The fourth-order valence-electron chi connectivity index (χ4n) is 1.31. The molecule has 1 rings (SSSR count). The zero-order valence-electron chi connectivity index (χ0n) is 9.40. The number of hydrogen-bond donors (Lipinski definition) is 0. The molecule has 0 radical (unpaired) electrons. The van der Waals surface area contributed by atoms with Crippen LogP contribution in [-0.4, -0.2) is 26.3 Å². The van der Waals surface area contributed by atoms with Crippen LogP contribution in [0.15, 0.2) is 29.2 Å². The number of halogens is 3. The van der Waals surface area contributed by atoms with Gasteiger partial charge in [0.2, 0.25) is 10.0 Å². The van der Waals surface area contributed by atoms with E-state index in [4.69, 9.17) is 6.42 Å². The van der Waals surface area contributed by atoms with Gasteiger partial charge < -0.3 is 0 Å². The lowest BCUT2D eigenvalue weighted by Gasteiger charge is -2.18. The van der Waals surface area contributed by atoms with Crippen LogP contribution in [0.4, 0.5) is 13.2 Å². The summed E-state index contributed by atoms with van der Waals surface area (Å²) in [7, 11) is -3.12. The minimum Gasteiger partial charge on any atom is -0.207 e. The van der Waals surface area contributed by atoms with E-state index in [0.717, 1.165) is 25.2 Å². The Kier molecular flexibility index (Phi) is 4.04. The second kappa shape index (κ2) is 5.00. The normalized spacial score (nSPS) is 12.4. The molecule has 0 saturated heterocycles. The van der Waals surface area contributed by atoms with Crippen LogP contribution < -0.4 is 0 Å². The standard InChI is InChI=1S/C11H10F3NO2S/c1-3-8-15(2)18(16,17)10-7-5-4-6-9(10)11(12,13)14/h1,4-7H,8H2,2H3. The minimum absolute atomic E-state index is 0.297. The molecule has 1 aromatic carbocycles. The van der Waals surface area contributed by atoms with Gasteiger partial charge in [-0.05, 0) is 12.1 Å². The first-order valence-corrected chi connectivity index (χ1v) is 6.21. The molecule has 0 spiro atoms. The monoisotopic (exact) mass is 277 g/mol. The predicted octanol–water partition coefficient (Wildman–Crippen LogP) is 1.96. The number of nitrogens with zero attached hydrogens (tertiary/aromatic N) is 1. The van der Waals surface area contributed by atoms with E-state index in [9.17, 15) is 21.6 Å². The third kappa shape index (κ3) is 2.83. The van der Waals surface area contributed by atoms with Crippen LogP contribution in [-0.2, 0) is 16.2 Å². The van der Waals surface area contributed by atoms with Crippen LogP contribution in [0, 0.1) is 12.3 Å². The maximum absolute atomic E-state index is 12.7. The molecule has 7 heteroatoms. The summed E-state index contributed by atoms with van der Waals surface area (Å²) in [5, 5.41) is 0. The van der Waals surface area contributed by atoms with Gasteiger partial charge in [0.25, 0.3) is 0 Å². The van der Waals surface area contributed by atoms with E-state index < -0.39 is 26.7 Å². The number of rotatable bonds is 3. The molecule has 0 unspecified atom stereocenters. The molecule has 0 heterocycles. The lowest BCUT2D eigenvalue weighted by atomic mass is 10.2. The molecule has 0 saturated carbocycles. The summed E-state index contributed by atoms with van der Waals surface area (Å²) >= 11 is 0. The number of alkyl halides is 3. The van der Waals surface area contributed by atoms with Crippen molar-refractivity contribution in [2.75, 3.05) is 13.6 Å². The lowest BCUT2D eigenvalue weighted by molar-refractivity contribution is -0.139. The quantitative estimate of drug-likeness (QED) is 0.792. The Bertz CT molecular complexity index is 573. The summed E-state index contributed by atoms with van der Waals surface area (Å²) in [5.41, 5.74) is -1.20. The molecule has 0 aliphatic carbocycles. The van der Waals surface area contributed by atoms with E-state index in [1.165, 1.54) is 6.07 Å². The van der Waals surface area contributed by atoms with Crippen LogP contribution >= 0.6 is 0 Å². The number of sulfonamides is 1. The fraction of sp³-hybridized carbons (Fsp3) is 0.273. The molecular formula is C11H10F3NO2S. The SMILES string of the molecule is C#CCN(C)S(=O)(=O)c1ccccc1C(F)(F)F. The van der Waals surface area contributed by atoms with Gasteiger partial charge in [0, 0.05) is 7.05 Å². The first kappa shape index (κ1) is 14.5. The summed E-state index contributed by atoms with van der Waals surface area (Å²) < 4.78 is 62.6. The topological polar surface area (TPSA) is 37.4 Å². The van der Waals surface area contributed by atoms with Gasteiger partial charge in [-0.25, -0.2) is 8.42 Å². The Labute approximate surface area is 103 Å². The first-order chi connectivity index (χ1) is 8.21. The number of hydrogen-bond acceptors (Lipinski definition) is 2. The third-order valence-electron chi connectivity index (χ3n) is 2.19. The Balaban J connectivity index is 3.39. The van der Waals surface area contributed by atoms with E-state index in [1.807, 2.05) is 0 Å². The maximum Gasteiger partial charge on any atom is 0.417 e. The molecular weight excluding hydrogens is 267 g/mol. The van der Waals surface area contributed by atoms with Crippen LogP contribution in [0.25, 0.3) is 0 Å². The van der Waals surface area contributed by atoms with Crippen LogP contribution in [0.2, 0.25) is 0 Å². The Morgan fingerprint density at radius 2 is 1.89 bits per heavy atom. The second-order valence-corrected chi connectivity index (χ2v) is 5.47. The van der Waals surface area contributed by atoms with E-state index in [0.29, 0.717) is 4.31 Å². The van der Waals surface area contributed by atoms with Gasteiger partial charge in [-0.3, -0.25) is 0 Å². The van der Waals surface area contributed by atoms with Crippen LogP contribution in [0.3, 0.4) is 0 Å². The lowest BCUT2D eigenvalue weighted by Crippen LogP contribution is -2.29. The van der Waals surface area contributed by atoms with Crippen molar-refractivity contribution >= 4 is 10.0 Å². The molecule has 0 amide bonds. The summed E-state index contributed by atoms with van der Waals surface area (Å²) in [4.78, 5) is -0.796. The molecule has 98 valence electrons. The average molecular weight is 277 g/mol. The predicted molar refractivity (Wildman–Crippen MR) is 60.1 cm³/mol. The molecule has 0 bridgehead atoms. The van der Waals surface area contributed by atoms with E-state index in [2.05, 4.69) is 5.92 Å². The minimum atomic E-state index is -4.74. The molecule has 18 heavy (non-hydrogen) atoms. The molecule has 3 nitrogen and oxygen atoms in total. The van der Waals surface area contributed by atoms with Gasteiger partial charge >= 0.3 is 6.18 Å².